The molecule has 1 N–H and O–H groups in total. The molecule has 5 heteroatoms. The van der Waals surface area contributed by atoms with Crippen LogP contribution < -0.4 is 0 Å². The lowest BCUT2D eigenvalue weighted by atomic mass is 10.0. The maximum absolute atomic E-state index is 12.1. The van der Waals surface area contributed by atoms with E-state index < -0.39 is 22.9 Å². The fourth-order valence-electron chi connectivity index (χ4n) is 2.74. The third kappa shape index (κ3) is 4.70. The average Bonchev–Trinajstić information content (AvgIpc) is 2.72. The normalized spacial score (nSPS) is 13.0. The number of ether oxygens (including phenoxy) is 1. The molecular weight excluding hydrogens is 360 g/mol. The van der Waals surface area contributed by atoms with Crippen molar-refractivity contribution in [2.45, 2.75) is 17.6 Å². The van der Waals surface area contributed by atoms with Crippen LogP contribution in [0.1, 0.15) is 17.2 Å². The summed E-state index contributed by atoms with van der Waals surface area (Å²) in [5.74, 6) is -0.693. The van der Waals surface area contributed by atoms with Crippen LogP contribution in [0.5, 0.6) is 0 Å². The van der Waals surface area contributed by atoms with Crippen LogP contribution in [0.15, 0.2) is 83.8 Å². The molecule has 0 aliphatic carbocycles. The van der Waals surface area contributed by atoms with Crippen molar-refractivity contribution in [2.24, 2.45) is 0 Å². The van der Waals surface area contributed by atoms with E-state index in [9.17, 15) is 14.1 Å². The molecule has 3 rings (SSSR count). The molecule has 0 radical (unpaired) electrons. The van der Waals surface area contributed by atoms with Gasteiger partial charge < -0.3 is 9.84 Å². The molecule has 0 aromatic heterocycles. The standard InChI is InChI=1S/C22H20O4S/c1-27(25)20-10-6-5-9-19(20)17-11-13-18(14-12-17)21(23)22(24)26-15-16-7-3-2-4-8-16/h2-14,21,23H,15H2,1H3. The maximum Gasteiger partial charge on any atom is 0.339 e. The first-order valence-electron chi connectivity index (χ1n) is 8.47. The summed E-state index contributed by atoms with van der Waals surface area (Å²) >= 11 is 0. The molecule has 0 saturated carbocycles. The van der Waals surface area contributed by atoms with E-state index in [2.05, 4.69) is 0 Å². The van der Waals surface area contributed by atoms with Gasteiger partial charge in [-0.1, -0.05) is 72.8 Å². The summed E-state index contributed by atoms with van der Waals surface area (Å²) in [6, 6.07) is 23.7. The second-order valence-corrected chi connectivity index (χ2v) is 7.42. The molecule has 138 valence electrons. The van der Waals surface area contributed by atoms with Crippen LogP contribution in [0.3, 0.4) is 0 Å². The highest BCUT2D eigenvalue weighted by Crippen LogP contribution is 2.27. The second-order valence-electron chi connectivity index (χ2n) is 6.07. The van der Waals surface area contributed by atoms with E-state index in [1.165, 1.54) is 0 Å². The molecule has 0 fully saturated rings. The van der Waals surface area contributed by atoms with Crippen molar-refractivity contribution in [2.75, 3.05) is 6.26 Å². The summed E-state index contributed by atoms with van der Waals surface area (Å²) in [6.07, 6.45) is 0.290. The lowest BCUT2D eigenvalue weighted by molar-refractivity contribution is -0.155. The van der Waals surface area contributed by atoms with Crippen molar-refractivity contribution in [3.8, 4) is 11.1 Å². The Morgan fingerprint density at radius 3 is 2.26 bits per heavy atom. The molecule has 0 heterocycles. The van der Waals surface area contributed by atoms with Gasteiger partial charge in [-0.15, -0.1) is 0 Å². The van der Waals surface area contributed by atoms with E-state index in [1.807, 2.05) is 54.6 Å². The van der Waals surface area contributed by atoms with Crippen LogP contribution >= 0.6 is 0 Å². The van der Waals surface area contributed by atoms with Crippen LogP contribution in [0, 0.1) is 0 Å². The van der Waals surface area contributed by atoms with Crippen LogP contribution in [0.2, 0.25) is 0 Å². The highest BCUT2D eigenvalue weighted by molar-refractivity contribution is 7.84. The summed E-state index contributed by atoms with van der Waals surface area (Å²) in [4.78, 5) is 12.8. The van der Waals surface area contributed by atoms with E-state index in [-0.39, 0.29) is 6.61 Å². The van der Waals surface area contributed by atoms with Gasteiger partial charge in [0.1, 0.15) is 6.61 Å². The lowest BCUT2D eigenvalue weighted by Crippen LogP contribution is -2.15. The molecule has 0 aliphatic rings. The number of hydrogen-bond donors (Lipinski definition) is 1. The number of rotatable bonds is 6. The fourth-order valence-corrected chi connectivity index (χ4v) is 3.51. The number of aliphatic hydroxyl groups excluding tert-OH is 1. The zero-order chi connectivity index (χ0) is 19.2. The van der Waals surface area contributed by atoms with Crippen LogP contribution in [-0.2, 0) is 26.9 Å². The summed E-state index contributed by atoms with van der Waals surface area (Å²) in [5, 5.41) is 10.2. The molecule has 0 spiro atoms. The average molecular weight is 380 g/mol. The van der Waals surface area contributed by atoms with Gasteiger partial charge in [0.15, 0.2) is 6.10 Å². The largest absolute Gasteiger partial charge is 0.459 e. The minimum Gasteiger partial charge on any atom is -0.459 e. The van der Waals surface area contributed by atoms with Crippen molar-refractivity contribution in [3.63, 3.8) is 0 Å². The molecule has 2 atom stereocenters. The molecular formula is C22H20O4S. The molecule has 0 saturated heterocycles. The van der Waals surface area contributed by atoms with Gasteiger partial charge in [0.05, 0.1) is 10.8 Å². The third-order valence-electron chi connectivity index (χ3n) is 4.18. The molecule has 3 aromatic carbocycles. The Morgan fingerprint density at radius 1 is 0.963 bits per heavy atom. The predicted octanol–water partition coefficient (Wildman–Crippen LogP) is 3.87. The van der Waals surface area contributed by atoms with Crippen LogP contribution in [-0.4, -0.2) is 21.5 Å². The lowest BCUT2D eigenvalue weighted by Gasteiger charge is -2.12. The van der Waals surface area contributed by atoms with Crippen molar-refractivity contribution < 1.29 is 18.8 Å². The molecule has 0 amide bonds. The number of hydrogen-bond acceptors (Lipinski definition) is 4. The Labute approximate surface area is 160 Å². The third-order valence-corrected chi connectivity index (χ3v) is 5.16. The zero-order valence-electron chi connectivity index (χ0n) is 14.9. The van der Waals surface area contributed by atoms with Crippen LogP contribution in [0.25, 0.3) is 11.1 Å². The monoisotopic (exact) mass is 380 g/mol. The molecule has 3 aromatic rings. The van der Waals surface area contributed by atoms with Gasteiger partial charge in [0, 0.05) is 11.2 Å². The van der Waals surface area contributed by atoms with Crippen molar-refractivity contribution in [1.82, 2.24) is 0 Å². The van der Waals surface area contributed by atoms with Crippen molar-refractivity contribution in [3.05, 3.63) is 90.0 Å². The Hall–Kier alpha value is -2.76. The number of aliphatic hydroxyl groups is 1. The van der Waals surface area contributed by atoms with Crippen molar-refractivity contribution in [1.29, 1.82) is 0 Å². The summed E-state index contributed by atoms with van der Waals surface area (Å²) in [6.45, 7) is 0.116. The van der Waals surface area contributed by atoms with Gasteiger partial charge in [-0.3, -0.25) is 4.21 Å². The quantitative estimate of drug-likeness (QED) is 0.660. The molecule has 0 bridgehead atoms. The molecule has 0 aliphatic heterocycles. The minimum absolute atomic E-state index is 0.116. The second kappa shape index (κ2) is 8.75. The van der Waals surface area contributed by atoms with E-state index in [0.29, 0.717) is 5.56 Å². The Kier molecular flexibility index (Phi) is 6.16. The number of carbonyl (C=O) groups is 1. The van der Waals surface area contributed by atoms with E-state index >= 15 is 0 Å². The fraction of sp³-hybridized carbons (Fsp3) is 0.136. The van der Waals surface area contributed by atoms with Gasteiger partial charge >= 0.3 is 5.97 Å². The number of benzene rings is 3. The van der Waals surface area contributed by atoms with E-state index in [0.717, 1.165) is 21.6 Å². The Balaban J connectivity index is 1.71. The highest BCUT2D eigenvalue weighted by Gasteiger charge is 2.19. The molecule has 27 heavy (non-hydrogen) atoms. The van der Waals surface area contributed by atoms with Crippen LogP contribution in [0.4, 0.5) is 0 Å². The Bertz CT molecular complexity index is 936. The van der Waals surface area contributed by atoms with Crippen molar-refractivity contribution >= 4 is 16.8 Å². The van der Waals surface area contributed by atoms with Gasteiger partial charge in [-0.25, -0.2) is 4.79 Å². The summed E-state index contributed by atoms with van der Waals surface area (Å²) in [7, 11) is -1.11. The minimum atomic E-state index is -1.35. The van der Waals surface area contributed by atoms with Gasteiger partial charge in [0.2, 0.25) is 0 Å². The number of esters is 1. The highest BCUT2D eigenvalue weighted by atomic mass is 32.2. The first-order valence-corrected chi connectivity index (χ1v) is 10.0. The SMILES string of the molecule is CS(=O)c1ccccc1-c1ccc(C(O)C(=O)OCc2ccccc2)cc1. The molecule has 2 unspecified atom stereocenters. The van der Waals surface area contributed by atoms with E-state index in [4.69, 9.17) is 4.74 Å². The Morgan fingerprint density at radius 2 is 1.59 bits per heavy atom. The molecule has 4 nitrogen and oxygen atoms in total. The maximum atomic E-state index is 12.1. The van der Waals surface area contributed by atoms with Gasteiger partial charge in [0.25, 0.3) is 0 Å². The summed E-state index contributed by atoms with van der Waals surface area (Å²) in [5.41, 5.74) is 3.05. The number of carbonyl (C=O) groups excluding carboxylic acids is 1. The first kappa shape index (κ1) is 19.0. The predicted molar refractivity (Wildman–Crippen MR) is 105 cm³/mol. The first-order chi connectivity index (χ1) is 13.1. The van der Waals surface area contributed by atoms with Gasteiger partial charge in [-0.2, -0.15) is 0 Å². The summed E-state index contributed by atoms with van der Waals surface area (Å²) < 4.78 is 17.1. The van der Waals surface area contributed by atoms with Gasteiger partial charge in [-0.05, 0) is 28.3 Å². The smallest absolute Gasteiger partial charge is 0.339 e. The van der Waals surface area contributed by atoms with E-state index in [1.54, 1.807) is 30.5 Å². The zero-order valence-corrected chi connectivity index (χ0v) is 15.7. The topological polar surface area (TPSA) is 63.6 Å².